The molecule has 0 unspecified atom stereocenters. The molecular formula is C17H26N2O7S. The fraction of sp³-hybridized carbons (Fsp3) is 0.824. The molecule has 1 saturated carbocycles. The van der Waals surface area contributed by atoms with Crippen molar-refractivity contribution in [3.05, 3.63) is 0 Å². The average Bonchev–Trinajstić information content (AvgIpc) is 2.75. The Labute approximate surface area is 158 Å². The highest BCUT2D eigenvalue weighted by atomic mass is 32.2. The number of likely N-dealkylation sites (N-methyl/N-ethyl adjacent to an activating group) is 1. The van der Waals surface area contributed by atoms with Crippen LogP contribution < -0.4 is 0 Å². The SMILES string of the molecule is CN(C(=O)[C@@H](O)[C@@H]1C(=O)N2[C@@H](C(=O)O)C(C)(C)S(=O)(=O)[C@H]12)C1CCCCC1. The van der Waals surface area contributed by atoms with Crippen molar-refractivity contribution in [3.63, 3.8) is 0 Å². The molecule has 2 heterocycles. The second kappa shape index (κ2) is 6.44. The summed E-state index contributed by atoms with van der Waals surface area (Å²) in [5.74, 6) is -4.37. The molecule has 0 aromatic rings. The first-order valence-corrected chi connectivity index (χ1v) is 10.7. The third-order valence-corrected chi connectivity index (χ3v) is 9.25. The third kappa shape index (κ3) is 2.67. The minimum atomic E-state index is -4.08. The minimum Gasteiger partial charge on any atom is -0.480 e. The molecule has 27 heavy (non-hydrogen) atoms. The molecule has 9 nitrogen and oxygen atoms in total. The van der Waals surface area contributed by atoms with E-state index in [2.05, 4.69) is 0 Å². The molecule has 3 fully saturated rings. The molecule has 0 aromatic heterocycles. The summed E-state index contributed by atoms with van der Waals surface area (Å²) in [4.78, 5) is 39.0. The van der Waals surface area contributed by atoms with Gasteiger partial charge in [-0.1, -0.05) is 19.3 Å². The second-order valence-electron chi connectivity index (χ2n) is 8.24. The molecule has 3 aliphatic rings. The molecule has 0 spiro atoms. The van der Waals surface area contributed by atoms with Crippen LogP contribution in [0, 0.1) is 5.92 Å². The average molecular weight is 402 g/mol. The number of sulfone groups is 1. The van der Waals surface area contributed by atoms with Gasteiger partial charge in [0.15, 0.2) is 9.84 Å². The number of hydrogen-bond donors (Lipinski definition) is 2. The fourth-order valence-corrected chi connectivity index (χ4v) is 6.97. The molecule has 2 amide bonds. The Hall–Kier alpha value is -1.68. The number of rotatable bonds is 4. The topological polar surface area (TPSA) is 132 Å². The number of amides is 2. The number of carboxylic acid groups (broad SMARTS) is 1. The predicted octanol–water partition coefficient (Wildman–Crippen LogP) is -0.417. The van der Waals surface area contributed by atoms with Gasteiger partial charge >= 0.3 is 5.97 Å². The van der Waals surface area contributed by atoms with Gasteiger partial charge < -0.3 is 20.0 Å². The molecule has 2 N–H and O–H groups in total. The Morgan fingerprint density at radius 1 is 1.22 bits per heavy atom. The zero-order chi connectivity index (χ0) is 20.3. The van der Waals surface area contributed by atoms with Crippen LogP contribution in [0.25, 0.3) is 0 Å². The summed E-state index contributed by atoms with van der Waals surface area (Å²) in [6, 6.07) is -1.58. The van der Waals surface area contributed by atoms with Gasteiger partial charge in [0.1, 0.15) is 23.4 Å². The Morgan fingerprint density at radius 2 is 1.78 bits per heavy atom. The maximum absolute atomic E-state index is 12.9. The Morgan fingerprint density at radius 3 is 2.30 bits per heavy atom. The van der Waals surface area contributed by atoms with Crippen molar-refractivity contribution < 1.29 is 33.0 Å². The van der Waals surface area contributed by atoms with Crippen LogP contribution in [0.1, 0.15) is 46.0 Å². The number of β-lactam (4-membered cyclic amide) rings is 1. The molecule has 0 aromatic carbocycles. The third-order valence-electron chi connectivity index (χ3n) is 6.41. The predicted molar refractivity (Wildman–Crippen MR) is 94.2 cm³/mol. The lowest BCUT2D eigenvalue weighted by Gasteiger charge is -2.45. The van der Waals surface area contributed by atoms with Gasteiger partial charge in [-0.25, -0.2) is 13.2 Å². The Bertz CT molecular complexity index is 772. The van der Waals surface area contributed by atoms with E-state index in [1.807, 2.05) is 0 Å². The lowest BCUT2D eigenvalue weighted by molar-refractivity contribution is -0.173. The van der Waals surface area contributed by atoms with Crippen molar-refractivity contribution in [1.82, 2.24) is 9.80 Å². The molecular weight excluding hydrogens is 376 g/mol. The summed E-state index contributed by atoms with van der Waals surface area (Å²) in [6.45, 7) is 2.51. The smallest absolute Gasteiger partial charge is 0.328 e. The highest BCUT2D eigenvalue weighted by Crippen LogP contribution is 2.49. The Balaban J connectivity index is 1.85. The molecule has 10 heteroatoms. The van der Waals surface area contributed by atoms with Crippen molar-refractivity contribution >= 4 is 27.6 Å². The Kier molecular flexibility index (Phi) is 4.79. The van der Waals surface area contributed by atoms with E-state index >= 15 is 0 Å². The van der Waals surface area contributed by atoms with Gasteiger partial charge in [0.25, 0.3) is 5.91 Å². The maximum Gasteiger partial charge on any atom is 0.328 e. The number of carboxylic acids is 1. The van der Waals surface area contributed by atoms with Gasteiger partial charge in [-0.3, -0.25) is 9.59 Å². The number of fused-ring (bicyclic) bond motifs is 1. The van der Waals surface area contributed by atoms with Crippen LogP contribution in [0.4, 0.5) is 0 Å². The maximum atomic E-state index is 12.9. The molecule has 152 valence electrons. The molecule has 0 bridgehead atoms. The number of nitrogens with zero attached hydrogens (tertiary/aromatic N) is 2. The van der Waals surface area contributed by atoms with Gasteiger partial charge in [-0.2, -0.15) is 0 Å². The van der Waals surface area contributed by atoms with E-state index in [1.165, 1.54) is 18.7 Å². The first-order valence-electron chi connectivity index (χ1n) is 9.17. The number of aliphatic hydroxyl groups is 1. The molecule has 4 atom stereocenters. The molecule has 1 aliphatic carbocycles. The van der Waals surface area contributed by atoms with Crippen LogP contribution in [-0.2, 0) is 24.2 Å². The van der Waals surface area contributed by atoms with E-state index in [-0.39, 0.29) is 6.04 Å². The lowest BCUT2D eigenvalue weighted by Crippen LogP contribution is -2.68. The van der Waals surface area contributed by atoms with Crippen molar-refractivity contribution in [2.45, 2.75) is 74.3 Å². The largest absolute Gasteiger partial charge is 0.480 e. The van der Waals surface area contributed by atoms with Crippen molar-refractivity contribution in [2.75, 3.05) is 7.05 Å². The fourth-order valence-electron chi connectivity index (χ4n) is 4.65. The summed E-state index contributed by atoms with van der Waals surface area (Å²) >= 11 is 0. The van der Waals surface area contributed by atoms with Crippen LogP contribution >= 0.6 is 0 Å². The van der Waals surface area contributed by atoms with E-state index in [1.54, 1.807) is 7.05 Å². The van der Waals surface area contributed by atoms with E-state index in [0.29, 0.717) is 0 Å². The summed E-state index contributed by atoms with van der Waals surface area (Å²) < 4.78 is 24.0. The monoisotopic (exact) mass is 402 g/mol. The standard InChI is InChI=1S/C17H26N2O7S/c1-17(2)12(16(23)24)19-13(21)10(15(19)27(17,25)26)11(20)14(22)18(3)9-7-5-4-6-8-9/h9-12,15,20H,4-8H2,1-3H3,(H,23,24)/t10-,11+,12+,15-/m1/s1. The zero-order valence-electron chi connectivity index (χ0n) is 15.7. The molecule has 3 rings (SSSR count). The van der Waals surface area contributed by atoms with Crippen LogP contribution in [0.3, 0.4) is 0 Å². The first-order chi connectivity index (χ1) is 12.4. The van der Waals surface area contributed by atoms with Crippen LogP contribution in [0.2, 0.25) is 0 Å². The van der Waals surface area contributed by atoms with Crippen LogP contribution in [0.5, 0.6) is 0 Å². The number of carbonyl (C=O) groups is 3. The normalized spacial score (nSPS) is 33.1. The quantitative estimate of drug-likeness (QED) is 0.611. The minimum absolute atomic E-state index is 0.0458. The van der Waals surface area contributed by atoms with Gasteiger partial charge in [0.2, 0.25) is 5.91 Å². The molecule has 2 aliphatic heterocycles. The molecule has 0 radical (unpaired) electrons. The number of carbonyl (C=O) groups excluding carboxylic acids is 2. The van der Waals surface area contributed by atoms with Crippen molar-refractivity contribution in [2.24, 2.45) is 5.92 Å². The first kappa shape index (κ1) is 20.1. The zero-order valence-corrected chi connectivity index (χ0v) is 16.5. The van der Waals surface area contributed by atoms with Crippen LogP contribution in [0.15, 0.2) is 0 Å². The summed E-state index contributed by atoms with van der Waals surface area (Å²) in [7, 11) is -2.53. The second-order valence-corrected chi connectivity index (χ2v) is 10.9. The highest BCUT2D eigenvalue weighted by Gasteiger charge is 2.73. The van der Waals surface area contributed by atoms with Crippen molar-refractivity contribution in [3.8, 4) is 0 Å². The van der Waals surface area contributed by atoms with Gasteiger partial charge in [-0.15, -0.1) is 0 Å². The lowest BCUT2D eigenvalue weighted by atomic mass is 9.86. The van der Waals surface area contributed by atoms with Gasteiger partial charge in [0.05, 0.1) is 4.75 Å². The van der Waals surface area contributed by atoms with E-state index in [9.17, 15) is 33.0 Å². The van der Waals surface area contributed by atoms with Gasteiger partial charge in [-0.05, 0) is 26.7 Å². The summed E-state index contributed by atoms with van der Waals surface area (Å²) in [6.07, 6.45) is 2.83. The summed E-state index contributed by atoms with van der Waals surface area (Å²) in [5, 5.41) is 18.5. The number of aliphatic carboxylic acids is 1. The van der Waals surface area contributed by atoms with Crippen molar-refractivity contribution in [1.29, 1.82) is 0 Å². The number of hydrogen-bond acceptors (Lipinski definition) is 6. The summed E-state index contributed by atoms with van der Waals surface area (Å²) in [5.41, 5.74) is 0. The number of aliphatic hydroxyl groups excluding tert-OH is 1. The van der Waals surface area contributed by atoms with E-state index in [0.717, 1.165) is 37.0 Å². The highest BCUT2D eigenvalue weighted by molar-refractivity contribution is 7.93. The van der Waals surface area contributed by atoms with Crippen LogP contribution in [-0.4, -0.2) is 81.6 Å². The van der Waals surface area contributed by atoms with Gasteiger partial charge in [0, 0.05) is 13.1 Å². The van der Waals surface area contributed by atoms with E-state index < -0.39 is 55.8 Å². The molecule has 2 saturated heterocycles. The van der Waals surface area contributed by atoms with E-state index in [4.69, 9.17) is 0 Å².